The van der Waals surface area contributed by atoms with E-state index in [0.29, 0.717) is 0 Å². The summed E-state index contributed by atoms with van der Waals surface area (Å²) in [6.07, 6.45) is 4.93. The number of carbonyl (C=O) groups is 2. The number of hydrogen-bond acceptors (Lipinski definition) is 2. The molecule has 0 unspecified atom stereocenters. The molecule has 0 aliphatic carbocycles. The summed E-state index contributed by atoms with van der Waals surface area (Å²) in [5.41, 5.74) is 0.828. The lowest BCUT2D eigenvalue weighted by Gasteiger charge is -2.48. The first-order valence-corrected chi connectivity index (χ1v) is 8.05. The van der Waals surface area contributed by atoms with Gasteiger partial charge < -0.3 is 15.5 Å². The van der Waals surface area contributed by atoms with E-state index in [1.165, 1.54) is 0 Å². The first kappa shape index (κ1) is 14.9. The highest BCUT2D eigenvalue weighted by molar-refractivity contribution is 5.90. The number of urea groups is 1. The average molecular weight is 301 g/mol. The van der Waals surface area contributed by atoms with Crippen LogP contribution >= 0.6 is 0 Å². The Labute approximate surface area is 131 Å². The van der Waals surface area contributed by atoms with Crippen molar-refractivity contribution in [3.05, 3.63) is 30.3 Å². The second kappa shape index (κ2) is 6.38. The van der Waals surface area contributed by atoms with Crippen LogP contribution in [0.3, 0.4) is 0 Å². The zero-order chi connectivity index (χ0) is 15.5. The fourth-order valence-electron chi connectivity index (χ4n) is 3.83. The fraction of sp³-hybridized carbons (Fsp3) is 0.529. The van der Waals surface area contributed by atoms with Crippen molar-refractivity contribution in [1.29, 1.82) is 0 Å². The smallest absolute Gasteiger partial charge is 0.322 e. The van der Waals surface area contributed by atoms with Crippen molar-refractivity contribution in [2.45, 2.75) is 57.2 Å². The number of nitrogens with zero attached hydrogens (tertiary/aromatic N) is 1. The number of amides is 3. The molecule has 2 atom stereocenters. The summed E-state index contributed by atoms with van der Waals surface area (Å²) in [6.45, 7) is 1.56. The molecular formula is C17H23N3O2. The summed E-state index contributed by atoms with van der Waals surface area (Å²) in [5, 5.41) is 6.02. The maximum absolute atomic E-state index is 12.6. The number of rotatable bonds is 2. The van der Waals surface area contributed by atoms with Gasteiger partial charge in [0.05, 0.1) is 0 Å². The lowest BCUT2D eigenvalue weighted by atomic mass is 9.82. The van der Waals surface area contributed by atoms with Crippen molar-refractivity contribution in [3.8, 4) is 0 Å². The van der Waals surface area contributed by atoms with E-state index in [2.05, 4.69) is 10.6 Å². The van der Waals surface area contributed by atoms with Gasteiger partial charge in [0.25, 0.3) is 0 Å². The van der Waals surface area contributed by atoms with Crippen LogP contribution in [0.2, 0.25) is 0 Å². The molecule has 2 bridgehead atoms. The second-order valence-corrected chi connectivity index (χ2v) is 6.31. The van der Waals surface area contributed by atoms with Gasteiger partial charge in [-0.1, -0.05) is 18.2 Å². The molecule has 2 heterocycles. The minimum absolute atomic E-state index is 0.0119. The SMILES string of the molecule is CC(=O)NC1C[C@H]2CCC[C@H](C1)N2C(=O)Nc1ccccc1. The molecule has 0 spiro atoms. The first-order valence-electron chi connectivity index (χ1n) is 8.05. The molecule has 2 fully saturated rings. The molecule has 22 heavy (non-hydrogen) atoms. The van der Waals surface area contributed by atoms with E-state index in [-0.39, 0.29) is 30.1 Å². The third-order valence-corrected chi connectivity index (χ3v) is 4.64. The van der Waals surface area contributed by atoms with Crippen LogP contribution in [0.5, 0.6) is 0 Å². The molecule has 2 saturated heterocycles. The minimum atomic E-state index is -0.0119. The lowest BCUT2D eigenvalue weighted by Crippen LogP contribution is -2.59. The van der Waals surface area contributed by atoms with Gasteiger partial charge >= 0.3 is 6.03 Å². The molecule has 2 aliphatic rings. The normalized spacial score (nSPS) is 27.1. The third kappa shape index (κ3) is 3.24. The predicted molar refractivity (Wildman–Crippen MR) is 85.6 cm³/mol. The van der Waals surface area contributed by atoms with Crippen molar-refractivity contribution in [1.82, 2.24) is 10.2 Å². The minimum Gasteiger partial charge on any atom is -0.353 e. The molecule has 1 aromatic carbocycles. The summed E-state index contributed by atoms with van der Waals surface area (Å²) in [6, 6.07) is 10.2. The molecule has 1 aromatic rings. The van der Waals surface area contributed by atoms with Crippen molar-refractivity contribution in [3.63, 3.8) is 0 Å². The molecule has 0 saturated carbocycles. The molecule has 0 aromatic heterocycles. The highest BCUT2D eigenvalue weighted by Gasteiger charge is 2.41. The highest BCUT2D eigenvalue weighted by atomic mass is 16.2. The summed E-state index contributed by atoms with van der Waals surface area (Å²) >= 11 is 0. The van der Waals surface area contributed by atoms with Gasteiger partial charge in [0.2, 0.25) is 5.91 Å². The summed E-state index contributed by atoms with van der Waals surface area (Å²) < 4.78 is 0. The maximum Gasteiger partial charge on any atom is 0.322 e. The molecule has 3 rings (SSSR count). The zero-order valence-electron chi connectivity index (χ0n) is 12.9. The third-order valence-electron chi connectivity index (χ3n) is 4.64. The Bertz CT molecular complexity index is 532. The van der Waals surface area contributed by atoms with Gasteiger partial charge in [-0.05, 0) is 44.2 Å². The van der Waals surface area contributed by atoms with Crippen molar-refractivity contribution < 1.29 is 9.59 Å². The van der Waals surface area contributed by atoms with Gasteiger partial charge in [0.15, 0.2) is 0 Å². The molecular weight excluding hydrogens is 278 g/mol. The standard InChI is InChI=1S/C17H23N3O2/c1-12(21)18-14-10-15-8-5-9-16(11-14)20(15)17(22)19-13-6-3-2-4-7-13/h2-4,6-7,14-16H,5,8-11H2,1H3,(H,18,21)(H,19,22)/t15-,16-/m1/s1. The van der Waals surface area contributed by atoms with E-state index in [1.54, 1.807) is 6.92 Å². The largest absolute Gasteiger partial charge is 0.353 e. The molecule has 5 nitrogen and oxygen atoms in total. The number of benzene rings is 1. The number of nitrogens with one attached hydrogen (secondary N) is 2. The van der Waals surface area contributed by atoms with E-state index in [9.17, 15) is 9.59 Å². The number of fused-ring (bicyclic) bond motifs is 2. The number of hydrogen-bond donors (Lipinski definition) is 2. The summed E-state index contributed by atoms with van der Waals surface area (Å²) in [5.74, 6) is 0.0188. The number of piperidine rings is 2. The Morgan fingerprint density at radius 2 is 1.73 bits per heavy atom. The van der Waals surface area contributed by atoms with E-state index in [1.807, 2.05) is 35.2 Å². The van der Waals surface area contributed by atoms with Gasteiger partial charge in [-0.25, -0.2) is 4.79 Å². The van der Waals surface area contributed by atoms with Crippen LogP contribution in [-0.4, -0.2) is 35.0 Å². The van der Waals surface area contributed by atoms with Crippen LogP contribution in [-0.2, 0) is 4.79 Å². The quantitative estimate of drug-likeness (QED) is 0.882. The topological polar surface area (TPSA) is 61.4 Å². The maximum atomic E-state index is 12.6. The van der Waals surface area contributed by atoms with Crippen LogP contribution in [0.25, 0.3) is 0 Å². The van der Waals surface area contributed by atoms with Gasteiger partial charge in [-0.3, -0.25) is 4.79 Å². The second-order valence-electron chi connectivity index (χ2n) is 6.31. The summed E-state index contributed by atoms with van der Waals surface area (Å²) in [7, 11) is 0. The van der Waals surface area contributed by atoms with Gasteiger partial charge in [-0.15, -0.1) is 0 Å². The monoisotopic (exact) mass is 301 g/mol. The number of para-hydroxylation sites is 1. The molecule has 5 heteroatoms. The van der Waals surface area contributed by atoms with E-state index in [4.69, 9.17) is 0 Å². The predicted octanol–water partition coefficient (Wildman–Crippen LogP) is 2.74. The van der Waals surface area contributed by atoms with E-state index >= 15 is 0 Å². The Morgan fingerprint density at radius 1 is 1.09 bits per heavy atom. The van der Waals surface area contributed by atoms with Crippen LogP contribution < -0.4 is 10.6 Å². The average Bonchev–Trinajstić information content (AvgIpc) is 2.46. The van der Waals surface area contributed by atoms with Gasteiger partial charge in [0, 0.05) is 30.7 Å². The van der Waals surface area contributed by atoms with Crippen LogP contribution in [0.15, 0.2) is 30.3 Å². The fourth-order valence-corrected chi connectivity index (χ4v) is 3.83. The Balaban J connectivity index is 1.68. The van der Waals surface area contributed by atoms with E-state index < -0.39 is 0 Å². The lowest BCUT2D eigenvalue weighted by molar-refractivity contribution is -0.120. The number of carbonyl (C=O) groups excluding carboxylic acids is 2. The molecule has 2 N–H and O–H groups in total. The van der Waals surface area contributed by atoms with Crippen molar-refractivity contribution in [2.75, 3.05) is 5.32 Å². The zero-order valence-corrected chi connectivity index (χ0v) is 12.9. The highest BCUT2D eigenvalue weighted by Crippen LogP contribution is 2.34. The van der Waals surface area contributed by atoms with Crippen LogP contribution in [0.4, 0.5) is 10.5 Å². The van der Waals surface area contributed by atoms with Crippen LogP contribution in [0, 0.1) is 0 Å². The summed E-state index contributed by atoms with van der Waals surface area (Å²) in [4.78, 5) is 25.9. The molecule has 118 valence electrons. The molecule has 0 radical (unpaired) electrons. The van der Waals surface area contributed by atoms with Gasteiger partial charge in [-0.2, -0.15) is 0 Å². The van der Waals surface area contributed by atoms with E-state index in [0.717, 1.165) is 37.8 Å². The number of anilines is 1. The Hall–Kier alpha value is -2.04. The molecule has 2 aliphatic heterocycles. The van der Waals surface area contributed by atoms with Crippen LogP contribution in [0.1, 0.15) is 39.0 Å². The van der Waals surface area contributed by atoms with Gasteiger partial charge in [0.1, 0.15) is 0 Å². The van der Waals surface area contributed by atoms with Crippen molar-refractivity contribution in [2.24, 2.45) is 0 Å². The Kier molecular flexibility index (Phi) is 4.32. The molecule has 3 amide bonds. The Morgan fingerprint density at radius 3 is 2.32 bits per heavy atom. The first-order chi connectivity index (χ1) is 10.6. The van der Waals surface area contributed by atoms with Crippen molar-refractivity contribution >= 4 is 17.6 Å².